The van der Waals surface area contributed by atoms with E-state index in [1.54, 1.807) is 7.11 Å². The zero-order valence-corrected chi connectivity index (χ0v) is 15.0. The number of rotatable bonds is 3. The molecule has 0 bridgehead atoms. The molecule has 0 aromatic carbocycles. The average molecular weight is 360 g/mol. The fraction of sp³-hybridized carbons (Fsp3) is 0.824. The van der Waals surface area contributed by atoms with E-state index in [9.17, 15) is 9.18 Å². The number of esters is 1. The molecule has 0 radical (unpaired) electrons. The molecule has 3 saturated heterocycles. The van der Waals surface area contributed by atoms with E-state index in [0.29, 0.717) is 6.61 Å². The molecule has 3 rings (SSSR count). The molecule has 3 aliphatic rings. The molecule has 142 valence electrons. The molecule has 3 heterocycles. The zero-order chi connectivity index (χ0) is 18.2. The number of ether oxygens (including phenoxy) is 6. The van der Waals surface area contributed by atoms with Crippen LogP contribution < -0.4 is 0 Å². The van der Waals surface area contributed by atoms with E-state index in [4.69, 9.17) is 28.4 Å². The Labute approximate surface area is 146 Å². The zero-order valence-electron chi connectivity index (χ0n) is 15.0. The van der Waals surface area contributed by atoms with E-state index < -0.39 is 30.3 Å². The van der Waals surface area contributed by atoms with Gasteiger partial charge in [0.05, 0.1) is 26.4 Å². The van der Waals surface area contributed by atoms with Crippen LogP contribution in [0.3, 0.4) is 0 Å². The minimum atomic E-state index is -1.05. The van der Waals surface area contributed by atoms with Gasteiger partial charge in [-0.15, -0.1) is 0 Å². The molecule has 4 atom stereocenters. The Hall–Kier alpha value is -1.06. The first kappa shape index (κ1) is 18.7. The van der Waals surface area contributed by atoms with Gasteiger partial charge in [0.1, 0.15) is 18.3 Å². The molecule has 0 unspecified atom stereocenters. The summed E-state index contributed by atoms with van der Waals surface area (Å²) in [4.78, 5) is 12.1. The van der Waals surface area contributed by atoms with Crippen LogP contribution in [0, 0.1) is 5.41 Å². The van der Waals surface area contributed by atoms with Crippen LogP contribution in [0.2, 0.25) is 0 Å². The van der Waals surface area contributed by atoms with Crippen molar-refractivity contribution in [1.82, 2.24) is 0 Å². The summed E-state index contributed by atoms with van der Waals surface area (Å²) in [5, 5.41) is 0. The predicted octanol–water partition coefficient (Wildman–Crippen LogP) is 1.35. The minimum Gasteiger partial charge on any atom is -0.452 e. The predicted molar refractivity (Wildman–Crippen MR) is 83.4 cm³/mol. The first-order valence-corrected chi connectivity index (χ1v) is 8.39. The maximum absolute atomic E-state index is 14.4. The number of hydrogen-bond acceptors (Lipinski definition) is 7. The second-order valence-electron chi connectivity index (χ2n) is 7.55. The molecule has 0 aromatic heterocycles. The van der Waals surface area contributed by atoms with E-state index in [2.05, 4.69) is 0 Å². The van der Waals surface area contributed by atoms with Crippen molar-refractivity contribution in [3.8, 4) is 0 Å². The van der Waals surface area contributed by atoms with Gasteiger partial charge in [-0.05, 0) is 0 Å². The molecule has 25 heavy (non-hydrogen) atoms. The Kier molecular flexibility index (Phi) is 5.45. The van der Waals surface area contributed by atoms with Crippen molar-refractivity contribution in [2.45, 2.75) is 51.5 Å². The van der Waals surface area contributed by atoms with E-state index >= 15 is 0 Å². The van der Waals surface area contributed by atoms with E-state index in [1.165, 1.54) is 0 Å². The van der Waals surface area contributed by atoms with Gasteiger partial charge in [-0.25, -0.2) is 4.79 Å². The monoisotopic (exact) mass is 360 g/mol. The Bertz CT molecular complexity index is 532. The third-order valence-electron chi connectivity index (χ3n) is 4.54. The van der Waals surface area contributed by atoms with Gasteiger partial charge in [-0.2, -0.15) is 4.39 Å². The van der Waals surface area contributed by atoms with E-state index in [1.807, 2.05) is 20.8 Å². The summed E-state index contributed by atoms with van der Waals surface area (Å²) in [6.45, 7) is 6.39. The summed E-state index contributed by atoms with van der Waals surface area (Å²) in [6, 6.07) is 0. The fourth-order valence-electron chi connectivity index (χ4n) is 3.13. The highest BCUT2D eigenvalue weighted by Gasteiger charge is 2.50. The van der Waals surface area contributed by atoms with E-state index in [0.717, 1.165) is 0 Å². The number of carbonyl (C=O) groups is 1. The molecular formula is C17H25FO7. The lowest BCUT2D eigenvalue weighted by Gasteiger charge is -2.34. The van der Waals surface area contributed by atoms with Crippen LogP contribution in [0.15, 0.2) is 11.4 Å². The van der Waals surface area contributed by atoms with Crippen molar-refractivity contribution in [3.05, 3.63) is 11.4 Å². The smallest absolute Gasteiger partial charge is 0.367 e. The molecule has 0 amide bonds. The summed E-state index contributed by atoms with van der Waals surface area (Å²) < 4.78 is 47.0. The summed E-state index contributed by atoms with van der Waals surface area (Å²) in [7, 11) is 1.57. The second-order valence-corrected chi connectivity index (χ2v) is 7.55. The lowest BCUT2D eigenvalue weighted by atomic mass is 9.95. The molecule has 0 aliphatic carbocycles. The Balaban J connectivity index is 1.57. The number of halogens is 1. The van der Waals surface area contributed by atoms with Crippen molar-refractivity contribution in [2.24, 2.45) is 5.41 Å². The van der Waals surface area contributed by atoms with Gasteiger partial charge in [0.25, 0.3) is 0 Å². The molecule has 8 heteroatoms. The highest BCUT2D eigenvalue weighted by Crippen LogP contribution is 2.32. The van der Waals surface area contributed by atoms with Gasteiger partial charge in [0, 0.05) is 18.1 Å². The number of methoxy groups -OCH3 is 1. The highest BCUT2D eigenvalue weighted by molar-refractivity contribution is 5.87. The van der Waals surface area contributed by atoms with E-state index in [-0.39, 0.29) is 43.0 Å². The lowest BCUT2D eigenvalue weighted by molar-refractivity contribution is -0.207. The largest absolute Gasteiger partial charge is 0.452 e. The van der Waals surface area contributed by atoms with Gasteiger partial charge in [0.2, 0.25) is 5.83 Å². The third kappa shape index (κ3) is 3.88. The summed E-state index contributed by atoms with van der Waals surface area (Å²) in [5.74, 6) is -2.02. The quantitative estimate of drug-likeness (QED) is 0.556. The molecule has 3 aliphatic heterocycles. The van der Waals surface area contributed by atoms with Gasteiger partial charge in [-0.1, -0.05) is 20.8 Å². The summed E-state index contributed by atoms with van der Waals surface area (Å²) in [5.41, 5.74) is -0.0840. The maximum atomic E-state index is 14.4. The summed E-state index contributed by atoms with van der Waals surface area (Å²) >= 11 is 0. The van der Waals surface area contributed by atoms with Crippen LogP contribution in [-0.4, -0.2) is 70.2 Å². The number of carbonyl (C=O) groups excluding carboxylic acids is 1. The Morgan fingerprint density at radius 2 is 1.60 bits per heavy atom. The third-order valence-corrected chi connectivity index (χ3v) is 4.54. The standard InChI is InChI=1S/C17H25FO7/c1-17(2,3)16-23-5-9(6-24-16)12(18)15(19)25-11-8-22-13-10(20-4)7-21-14(11)13/h10-11,13-14,16H,5-8H2,1-4H3/t10-,11-,13-,14-,16?/m1/s1. The van der Waals surface area contributed by atoms with Crippen LogP contribution in [0.4, 0.5) is 4.39 Å². The first-order chi connectivity index (χ1) is 11.8. The van der Waals surface area contributed by atoms with Gasteiger partial charge in [-0.3, -0.25) is 0 Å². The SMILES string of the molecule is CO[C@@H]1CO[C@H]2[C@@H]1OC[C@H]2OC(=O)C(F)=C1COC(C(C)(C)C)OC1. The van der Waals surface area contributed by atoms with Gasteiger partial charge < -0.3 is 28.4 Å². The van der Waals surface area contributed by atoms with Crippen LogP contribution in [0.5, 0.6) is 0 Å². The highest BCUT2D eigenvalue weighted by atomic mass is 19.1. The average Bonchev–Trinajstić information content (AvgIpc) is 3.16. The number of hydrogen-bond donors (Lipinski definition) is 0. The Morgan fingerprint density at radius 1 is 1.04 bits per heavy atom. The molecule has 0 spiro atoms. The molecule has 3 fully saturated rings. The van der Waals surface area contributed by atoms with Gasteiger partial charge >= 0.3 is 5.97 Å². The van der Waals surface area contributed by atoms with Crippen molar-refractivity contribution in [2.75, 3.05) is 33.5 Å². The van der Waals surface area contributed by atoms with Gasteiger partial charge in [0.15, 0.2) is 12.4 Å². The van der Waals surface area contributed by atoms with Crippen LogP contribution >= 0.6 is 0 Å². The molecule has 7 nitrogen and oxygen atoms in total. The first-order valence-electron chi connectivity index (χ1n) is 8.39. The Morgan fingerprint density at radius 3 is 2.16 bits per heavy atom. The maximum Gasteiger partial charge on any atom is 0.367 e. The minimum absolute atomic E-state index is 0.00165. The van der Waals surface area contributed by atoms with Crippen LogP contribution in [0.1, 0.15) is 20.8 Å². The van der Waals surface area contributed by atoms with Crippen LogP contribution in [-0.2, 0) is 33.2 Å². The molecule has 0 N–H and O–H groups in total. The van der Waals surface area contributed by atoms with Crippen LogP contribution in [0.25, 0.3) is 0 Å². The van der Waals surface area contributed by atoms with Crippen molar-refractivity contribution < 1.29 is 37.6 Å². The fourth-order valence-corrected chi connectivity index (χ4v) is 3.13. The molecule has 0 saturated carbocycles. The van der Waals surface area contributed by atoms with Crippen molar-refractivity contribution in [3.63, 3.8) is 0 Å². The topological polar surface area (TPSA) is 72.5 Å². The molecule has 0 aromatic rings. The normalized spacial score (nSPS) is 35.6. The van der Waals surface area contributed by atoms with Crippen molar-refractivity contribution in [1.29, 1.82) is 0 Å². The summed E-state index contributed by atoms with van der Waals surface area (Å²) in [6.07, 6.45) is -2.03. The second kappa shape index (κ2) is 7.28. The lowest BCUT2D eigenvalue weighted by Crippen LogP contribution is -2.38. The van der Waals surface area contributed by atoms with Crippen molar-refractivity contribution >= 4 is 5.97 Å². The molecular weight excluding hydrogens is 335 g/mol. The number of fused-ring (bicyclic) bond motifs is 1.